The molecule has 0 aromatic carbocycles. The first kappa shape index (κ1) is 8.09. The Morgan fingerprint density at radius 1 is 1.45 bits per heavy atom. The van der Waals surface area contributed by atoms with Gasteiger partial charge in [-0.05, 0) is 0 Å². The third-order valence-corrected chi connectivity index (χ3v) is 1.95. The van der Waals surface area contributed by atoms with Crippen LogP contribution in [-0.2, 0) is 0 Å². The molecule has 0 saturated carbocycles. The van der Waals surface area contributed by atoms with E-state index in [0.29, 0.717) is 0 Å². The molecule has 0 aliphatic carbocycles. The van der Waals surface area contributed by atoms with Crippen molar-refractivity contribution in [2.24, 2.45) is 0 Å². The highest BCUT2D eigenvalue weighted by Gasteiger charge is 2.07. The Morgan fingerprint density at radius 2 is 2.18 bits per heavy atom. The lowest BCUT2D eigenvalue weighted by atomic mass is 10.5. The second-order valence-corrected chi connectivity index (χ2v) is 8.22. The highest BCUT2D eigenvalue weighted by molar-refractivity contribution is 6.83. The summed E-state index contributed by atoms with van der Waals surface area (Å²) >= 11 is 0. The largest absolute Gasteiger partial charge is 0.338 e. The molecule has 1 aromatic rings. The van der Waals surface area contributed by atoms with Crippen LogP contribution in [0.15, 0.2) is 12.5 Å². The maximum Gasteiger partial charge on any atom is 0.129 e. The standard InChI is InChI=1S/C8H12N2Si/c1-11(2,3)5-4-8-6-9-7-10-8/h6-7H,1-3H3,(H,9,10). The highest BCUT2D eigenvalue weighted by Crippen LogP contribution is 1.97. The monoisotopic (exact) mass is 164 g/mol. The Labute approximate surface area is 68.1 Å². The van der Waals surface area contributed by atoms with E-state index in [-0.39, 0.29) is 0 Å². The molecule has 0 spiro atoms. The summed E-state index contributed by atoms with van der Waals surface area (Å²) < 4.78 is 0. The van der Waals surface area contributed by atoms with Gasteiger partial charge in [0.15, 0.2) is 0 Å². The first-order chi connectivity index (χ1) is 5.08. The molecule has 11 heavy (non-hydrogen) atoms. The maximum absolute atomic E-state index is 3.88. The van der Waals surface area contributed by atoms with Crippen molar-refractivity contribution in [3.05, 3.63) is 18.2 Å². The van der Waals surface area contributed by atoms with Crippen LogP contribution in [0.3, 0.4) is 0 Å². The highest BCUT2D eigenvalue weighted by atomic mass is 28.3. The number of aromatic nitrogens is 2. The lowest BCUT2D eigenvalue weighted by molar-refractivity contribution is 1.30. The molecule has 3 heteroatoms. The molecule has 0 saturated heterocycles. The second kappa shape index (κ2) is 2.93. The summed E-state index contributed by atoms with van der Waals surface area (Å²) in [6.07, 6.45) is 3.39. The van der Waals surface area contributed by atoms with Crippen LogP contribution in [0.5, 0.6) is 0 Å². The first-order valence-electron chi connectivity index (χ1n) is 3.59. The molecule has 0 aliphatic heterocycles. The minimum Gasteiger partial charge on any atom is -0.338 e. The van der Waals surface area contributed by atoms with Gasteiger partial charge in [-0.3, -0.25) is 0 Å². The lowest BCUT2D eigenvalue weighted by Gasteiger charge is -2.02. The summed E-state index contributed by atoms with van der Waals surface area (Å²) in [4.78, 5) is 6.83. The molecule has 2 nitrogen and oxygen atoms in total. The van der Waals surface area contributed by atoms with Crippen molar-refractivity contribution in [1.29, 1.82) is 0 Å². The summed E-state index contributed by atoms with van der Waals surface area (Å²) in [6, 6.07) is 0. The fraction of sp³-hybridized carbons (Fsp3) is 0.375. The van der Waals surface area contributed by atoms with Crippen LogP contribution in [0.4, 0.5) is 0 Å². The fourth-order valence-electron chi connectivity index (χ4n) is 0.579. The summed E-state index contributed by atoms with van der Waals surface area (Å²) in [6.45, 7) is 6.66. The third-order valence-electron chi connectivity index (χ3n) is 1.07. The van der Waals surface area contributed by atoms with E-state index in [1.165, 1.54) is 0 Å². The number of hydrogen-bond acceptors (Lipinski definition) is 1. The molecule has 0 fully saturated rings. The van der Waals surface area contributed by atoms with Crippen molar-refractivity contribution in [1.82, 2.24) is 9.97 Å². The molecule has 58 valence electrons. The van der Waals surface area contributed by atoms with Crippen LogP contribution < -0.4 is 0 Å². The van der Waals surface area contributed by atoms with Crippen molar-refractivity contribution in [3.8, 4) is 11.5 Å². The number of imidazole rings is 1. The normalized spacial score (nSPS) is 10.5. The predicted molar refractivity (Wildman–Crippen MR) is 48.8 cm³/mol. The van der Waals surface area contributed by atoms with Crippen LogP contribution in [0.1, 0.15) is 5.69 Å². The van der Waals surface area contributed by atoms with Crippen molar-refractivity contribution >= 4 is 8.07 Å². The summed E-state index contributed by atoms with van der Waals surface area (Å²) in [5, 5.41) is 0. The molecular formula is C8H12N2Si. The van der Waals surface area contributed by atoms with E-state index in [4.69, 9.17) is 0 Å². The quantitative estimate of drug-likeness (QED) is 0.458. The number of H-pyrrole nitrogens is 1. The summed E-state index contributed by atoms with van der Waals surface area (Å²) in [5.74, 6) is 3.06. The molecular weight excluding hydrogens is 152 g/mol. The Kier molecular flexibility index (Phi) is 2.15. The molecule has 0 atom stereocenters. The lowest BCUT2D eigenvalue weighted by Crippen LogP contribution is -2.16. The zero-order chi connectivity index (χ0) is 8.32. The van der Waals surface area contributed by atoms with E-state index >= 15 is 0 Å². The van der Waals surface area contributed by atoms with Gasteiger partial charge in [0.1, 0.15) is 13.8 Å². The number of nitrogens with one attached hydrogen (secondary N) is 1. The van der Waals surface area contributed by atoms with E-state index in [2.05, 4.69) is 41.1 Å². The van der Waals surface area contributed by atoms with E-state index in [0.717, 1.165) is 5.69 Å². The van der Waals surface area contributed by atoms with Gasteiger partial charge >= 0.3 is 0 Å². The van der Waals surface area contributed by atoms with Gasteiger partial charge < -0.3 is 4.98 Å². The molecule has 0 aliphatic rings. The molecule has 0 unspecified atom stereocenters. The van der Waals surface area contributed by atoms with Gasteiger partial charge in [-0.15, -0.1) is 5.54 Å². The maximum atomic E-state index is 3.88. The van der Waals surface area contributed by atoms with Gasteiger partial charge in [-0.2, -0.15) is 0 Å². The second-order valence-electron chi connectivity index (χ2n) is 3.47. The number of rotatable bonds is 0. The van der Waals surface area contributed by atoms with Crippen molar-refractivity contribution in [2.45, 2.75) is 19.6 Å². The minimum absolute atomic E-state index is 0.910. The molecule has 1 aromatic heterocycles. The van der Waals surface area contributed by atoms with Crippen molar-refractivity contribution in [2.75, 3.05) is 0 Å². The zero-order valence-electron chi connectivity index (χ0n) is 7.10. The molecule has 0 bridgehead atoms. The molecule has 0 radical (unpaired) electrons. The van der Waals surface area contributed by atoms with Crippen LogP contribution in [0.2, 0.25) is 19.6 Å². The van der Waals surface area contributed by atoms with Gasteiger partial charge in [0.25, 0.3) is 0 Å². The van der Waals surface area contributed by atoms with Crippen LogP contribution in [0.25, 0.3) is 0 Å². The smallest absolute Gasteiger partial charge is 0.129 e. The number of aromatic amines is 1. The Hall–Kier alpha value is -1.01. The van der Waals surface area contributed by atoms with Crippen molar-refractivity contribution in [3.63, 3.8) is 0 Å². The van der Waals surface area contributed by atoms with Gasteiger partial charge in [0.2, 0.25) is 0 Å². The SMILES string of the molecule is C[Si](C)(C)C#Cc1cnc[nH]1. The van der Waals surface area contributed by atoms with Crippen LogP contribution >= 0.6 is 0 Å². The van der Waals surface area contributed by atoms with E-state index < -0.39 is 8.07 Å². The average Bonchev–Trinajstić information content (AvgIpc) is 2.32. The summed E-state index contributed by atoms with van der Waals surface area (Å²) in [7, 11) is -1.22. The Morgan fingerprint density at radius 3 is 2.64 bits per heavy atom. The third kappa shape index (κ3) is 3.05. The zero-order valence-corrected chi connectivity index (χ0v) is 8.10. The predicted octanol–water partition coefficient (Wildman–Crippen LogP) is 1.64. The Balaban J connectivity index is 2.74. The van der Waals surface area contributed by atoms with E-state index in [1.807, 2.05) is 0 Å². The van der Waals surface area contributed by atoms with E-state index in [9.17, 15) is 0 Å². The molecule has 1 heterocycles. The topological polar surface area (TPSA) is 28.7 Å². The van der Waals surface area contributed by atoms with Crippen molar-refractivity contribution < 1.29 is 0 Å². The molecule has 0 amide bonds. The van der Waals surface area contributed by atoms with Gasteiger partial charge in [-0.25, -0.2) is 4.98 Å². The van der Waals surface area contributed by atoms with Gasteiger partial charge in [-0.1, -0.05) is 25.6 Å². The minimum atomic E-state index is -1.22. The Bertz CT molecular complexity index is 271. The average molecular weight is 164 g/mol. The van der Waals surface area contributed by atoms with Crippen LogP contribution in [-0.4, -0.2) is 18.0 Å². The molecule has 1 N–H and O–H groups in total. The molecule has 1 rings (SSSR count). The fourth-order valence-corrected chi connectivity index (χ4v) is 1.09. The van der Waals surface area contributed by atoms with E-state index in [1.54, 1.807) is 12.5 Å². The number of nitrogens with zero attached hydrogens (tertiary/aromatic N) is 1. The summed E-state index contributed by atoms with van der Waals surface area (Å²) in [5.41, 5.74) is 4.15. The van der Waals surface area contributed by atoms with Gasteiger partial charge in [0.05, 0.1) is 12.5 Å². The van der Waals surface area contributed by atoms with Gasteiger partial charge in [0, 0.05) is 0 Å². The number of hydrogen-bond donors (Lipinski definition) is 1. The van der Waals surface area contributed by atoms with Crippen LogP contribution in [0, 0.1) is 11.5 Å². The first-order valence-corrected chi connectivity index (χ1v) is 7.09.